The number of imidazole rings is 1. The lowest BCUT2D eigenvalue weighted by Crippen LogP contribution is -2.53. The van der Waals surface area contributed by atoms with E-state index in [4.69, 9.17) is 9.47 Å². The number of amides is 1. The number of aromatic nitrogens is 2. The molecule has 3 heterocycles. The van der Waals surface area contributed by atoms with Crippen molar-refractivity contribution in [2.24, 2.45) is 11.8 Å². The highest BCUT2D eigenvalue weighted by atomic mass is 16.5. The number of aryl methyl sites for hydroxylation is 1. The third-order valence-electron chi connectivity index (χ3n) is 6.18. The van der Waals surface area contributed by atoms with Gasteiger partial charge in [-0.1, -0.05) is 0 Å². The van der Waals surface area contributed by atoms with E-state index in [2.05, 4.69) is 20.2 Å². The molecule has 0 spiro atoms. The monoisotopic (exact) mass is 376 g/mol. The Morgan fingerprint density at radius 2 is 2.15 bits per heavy atom. The van der Waals surface area contributed by atoms with Crippen LogP contribution in [0.4, 0.5) is 0 Å². The van der Waals surface area contributed by atoms with Crippen LogP contribution >= 0.6 is 0 Å². The van der Waals surface area contributed by atoms with Gasteiger partial charge in [0.15, 0.2) is 0 Å². The maximum absolute atomic E-state index is 12.3. The van der Waals surface area contributed by atoms with Gasteiger partial charge in [0.1, 0.15) is 12.4 Å². The van der Waals surface area contributed by atoms with Crippen LogP contribution in [0.25, 0.3) is 0 Å². The molecule has 2 aliphatic heterocycles. The van der Waals surface area contributed by atoms with Crippen LogP contribution in [0, 0.1) is 18.8 Å². The third kappa shape index (κ3) is 4.89. The van der Waals surface area contributed by atoms with Gasteiger partial charge in [0.2, 0.25) is 5.91 Å². The Morgan fingerprint density at radius 3 is 2.81 bits per heavy atom. The van der Waals surface area contributed by atoms with Gasteiger partial charge in [0, 0.05) is 37.6 Å². The molecule has 150 valence electrons. The summed E-state index contributed by atoms with van der Waals surface area (Å²) >= 11 is 0. The number of nitrogens with zero attached hydrogens (tertiary/aromatic N) is 2. The van der Waals surface area contributed by atoms with Crippen molar-refractivity contribution in [3.8, 4) is 0 Å². The first-order chi connectivity index (χ1) is 13.2. The number of aromatic amines is 1. The molecule has 1 aromatic heterocycles. The highest BCUT2D eigenvalue weighted by Gasteiger charge is 2.42. The average Bonchev–Trinajstić information content (AvgIpc) is 3.15. The highest BCUT2D eigenvalue weighted by Crippen LogP contribution is 2.37. The number of H-pyrrole nitrogens is 1. The van der Waals surface area contributed by atoms with Crippen LogP contribution in [-0.4, -0.2) is 65.8 Å². The van der Waals surface area contributed by atoms with Gasteiger partial charge in [-0.3, -0.25) is 9.69 Å². The van der Waals surface area contributed by atoms with Crippen molar-refractivity contribution in [2.45, 2.75) is 57.7 Å². The molecule has 4 atom stereocenters. The third-order valence-corrected chi connectivity index (χ3v) is 6.18. The quantitative estimate of drug-likeness (QED) is 0.756. The molecule has 1 amide bonds. The molecule has 0 aromatic carbocycles. The van der Waals surface area contributed by atoms with Crippen LogP contribution < -0.4 is 5.32 Å². The molecule has 2 N–H and O–H groups in total. The van der Waals surface area contributed by atoms with Crippen molar-refractivity contribution in [2.75, 3.05) is 32.9 Å². The molecule has 27 heavy (non-hydrogen) atoms. The van der Waals surface area contributed by atoms with Crippen LogP contribution in [0.2, 0.25) is 0 Å². The Morgan fingerprint density at radius 1 is 1.33 bits per heavy atom. The zero-order valence-corrected chi connectivity index (χ0v) is 16.3. The number of fused-ring (bicyclic) bond motifs is 2. The van der Waals surface area contributed by atoms with E-state index in [0.29, 0.717) is 24.5 Å². The van der Waals surface area contributed by atoms with Gasteiger partial charge in [-0.15, -0.1) is 0 Å². The predicted molar refractivity (Wildman–Crippen MR) is 101 cm³/mol. The fourth-order valence-corrected chi connectivity index (χ4v) is 4.89. The van der Waals surface area contributed by atoms with Crippen molar-refractivity contribution in [3.63, 3.8) is 0 Å². The molecule has 4 rings (SSSR count). The molecule has 2 bridgehead atoms. The lowest BCUT2D eigenvalue weighted by molar-refractivity contribution is -0.129. The summed E-state index contributed by atoms with van der Waals surface area (Å²) < 4.78 is 11.3. The zero-order chi connectivity index (χ0) is 18.6. The molecule has 7 nitrogen and oxygen atoms in total. The van der Waals surface area contributed by atoms with Gasteiger partial charge in [-0.25, -0.2) is 4.98 Å². The number of hydrogen-bond acceptors (Lipinski definition) is 5. The van der Waals surface area contributed by atoms with Crippen molar-refractivity contribution >= 4 is 5.91 Å². The average molecular weight is 377 g/mol. The fraction of sp³-hybridized carbons (Fsp3) is 0.800. The first-order valence-electron chi connectivity index (χ1n) is 10.4. The van der Waals surface area contributed by atoms with Crippen LogP contribution in [0.3, 0.4) is 0 Å². The molecular weight excluding hydrogens is 344 g/mol. The Balaban J connectivity index is 1.20. The molecule has 0 radical (unpaired) electrons. The minimum atomic E-state index is 0.0165. The van der Waals surface area contributed by atoms with E-state index in [9.17, 15) is 4.79 Å². The van der Waals surface area contributed by atoms with Crippen molar-refractivity contribution < 1.29 is 14.3 Å². The van der Waals surface area contributed by atoms with E-state index in [1.807, 2.05) is 13.1 Å². The lowest BCUT2D eigenvalue weighted by Gasteiger charge is -2.38. The first-order valence-corrected chi connectivity index (χ1v) is 10.4. The first kappa shape index (κ1) is 18.9. The predicted octanol–water partition coefficient (Wildman–Crippen LogP) is 1.63. The standard InChI is InChI=1S/C20H32N4O3/c1-14-8-21-18(22-14)11-24-9-15-5-6-16(10-24)20(15)23-19(25)13-26-12-17-4-2-3-7-27-17/h8,15-17,20H,2-7,9-13H2,1H3,(H,21,22)(H,23,25)/t15-,16+,17?,20?. The van der Waals surface area contributed by atoms with Crippen molar-refractivity contribution in [1.29, 1.82) is 0 Å². The van der Waals surface area contributed by atoms with E-state index < -0.39 is 0 Å². The summed E-state index contributed by atoms with van der Waals surface area (Å²) in [6.45, 7) is 6.44. The van der Waals surface area contributed by atoms with Gasteiger partial charge in [0.05, 0.1) is 19.3 Å². The molecule has 1 aromatic rings. The Kier molecular flexibility index (Phi) is 6.10. The van der Waals surface area contributed by atoms with E-state index in [1.54, 1.807) is 0 Å². The number of rotatable bonds is 7. The number of carbonyl (C=O) groups is 1. The molecule has 2 saturated heterocycles. The maximum atomic E-state index is 12.3. The summed E-state index contributed by atoms with van der Waals surface area (Å²) in [5, 5.41) is 3.25. The van der Waals surface area contributed by atoms with Crippen LogP contribution in [0.15, 0.2) is 6.20 Å². The normalized spacial score (nSPS) is 31.1. The van der Waals surface area contributed by atoms with E-state index in [0.717, 1.165) is 50.6 Å². The van der Waals surface area contributed by atoms with Gasteiger partial charge in [0.25, 0.3) is 0 Å². The summed E-state index contributed by atoms with van der Waals surface area (Å²) in [6.07, 6.45) is 7.81. The van der Waals surface area contributed by atoms with Crippen molar-refractivity contribution in [1.82, 2.24) is 20.2 Å². The Hall–Kier alpha value is -1.44. The van der Waals surface area contributed by atoms with Gasteiger partial charge in [-0.2, -0.15) is 0 Å². The van der Waals surface area contributed by atoms with Crippen LogP contribution in [0.5, 0.6) is 0 Å². The second kappa shape index (κ2) is 8.71. The molecule has 3 fully saturated rings. The molecular formula is C20H32N4O3. The number of hydrogen-bond donors (Lipinski definition) is 2. The number of likely N-dealkylation sites (tertiary alicyclic amines) is 1. The van der Waals surface area contributed by atoms with E-state index >= 15 is 0 Å². The fourth-order valence-electron chi connectivity index (χ4n) is 4.89. The summed E-state index contributed by atoms with van der Waals surface area (Å²) in [6, 6.07) is 0.293. The maximum Gasteiger partial charge on any atom is 0.246 e. The molecule has 1 saturated carbocycles. The number of carbonyl (C=O) groups excluding carboxylic acids is 1. The largest absolute Gasteiger partial charge is 0.376 e. The smallest absolute Gasteiger partial charge is 0.246 e. The van der Waals surface area contributed by atoms with Gasteiger partial charge in [-0.05, 0) is 50.9 Å². The second-order valence-corrected chi connectivity index (χ2v) is 8.40. The SMILES string of the molecule is Cc1cnc(CN2C[C@H]3CC[C@@H](C2)C3NC(=O)COCC2CCCCO2)[nH]1. The summed E-state index contributed by atoms with van der Waals surface area (Å²) in [5.41, 5.74) is 1.11. The minimum absolute atomic E-state index is 0.0165. The number of ether oxygens (including phenoxy) is 2. The summed E-state index contributed by atoms with van der Waals surface area (Å²) in [7, 11) is 0. The summed E-state index contributed by atoms with van der Waals surface area (Å²) in [4.78, 5) is 22.6. The van der Waals surface area contributed by atoms with E-state index in [1.165, 1.54) is 19.3 Å². The topological polar surface area (TPSA) is 79.5 Å². The summed E-state index contributed by atoms with van der Waals surface area (Å²) in [5.74, 6) is 2.12. The second-order valence-electron chi connectivity index (χ2n) is 8.40. The number of nitrogens with one attached hydrogen (secondary N) is 2. The zero-order valence-electron chi connectivity index (χ0n) is 16.3. The molecule has 3 aliphatic rings. The highest BCUT2D eigenvalue weighted by molar-refractivity contribution is 5.77. The van der Waals surface area contributed by atoms with Crippen LogP contribution in [-0.2, 0) is 20.8 Å². The molecule has 1 aliphatic carbocycles. The Bertz CT molecular complexity index is 614. The van der Waals surface area contributed by atoms with Crippen molar-refractivity contribution in [3.05, 3.63) is 17.7 Å². The molecule has 7 heteroatoms. The molecule has 2 unspecified atom stereocenters. The minimum Gasteiger partial charge on any atom is -0.376 e. The van der Waals surface area contributed by atoms with Crippen LogP contribution in [0.1, 0.15) is 43.6 Å². The lowest BCUT2D eigenvalue weighted by atomic mass is 9.92. The van der Waals surface area contributed by atoms with Gasteiger partial charge < -0.3 is 19.8 Å². The van der Waals surface area contributed by atoms with E-state index in [-0.39, 0.29) is 18.6 Å². The Labute approximate surface area is 161 Å². The van der Waals surface area contributed by atoms with Gasteiger partial charge >= 0.3 is 0 Å². The number of piperidine rings is 1.